The molecule has 4 nitrogen and oxygen atoms in total. The Hall–Kier alpha value is -1.53. The van der Waals surface area contributed by atoms with Crippen LogP contribution in [0, 0.1) is 13.8 Å². The third-order valence-electron chi connectivity index (χ3n) is 3.19. The molecule has 1 aromatic rings. The summed E-state index contributed by atoms with van der Waals surface area (Å²) in [7, 11) is 0. The lowest BCUT2D eigenvalue weighted by molar-refractivity contribution is -0.120. The summed E-state index contributed by atoms with van der Waals surface area (Å²) in [6.07, 6.45) is -2.66. The number of aromatic nitrogens is 2. The standard InChI is InChI=1S/C13H19F3N4/c1-4-17-11-8(2)12(19-9(3)18-11)20(10-5-6-10)7-13(14,15)16/h10H,4-7H2,1-3H3,(H,17,18,19). The minimum atomic E-state index is -4.23. The van der Waals surface area contributed by atoms with Crippen molar-refractivity contribution in [2.75, 3.05) is 23.3 Å². The van der Waals surface area contributed by atoms with Gasteiger partial charge in [0, 0.05) is 18.2 Å². The highest BCUT2D eigenvalue weighted by Gasteiger charge is 2.39. The van der Waals surface area contributed by atoms with Gasteiger partial charge >= 0.3 is 6.18 Å². The van der Waals surface area contributed by atoms with E-state index in [0.717, 1.165) is 12.8 Å². The van der Waals surface area contributed by atoms with Gasteiger partial charge in [-0.2, -0.15) is 13.2 Å². The first-order valence-corrected chi connectivity index (χ1v) is 6.74. The molecule has 0 spiro atoms. The fraction of sp³-hybridized carbons (Fsp3) is 0.692. The predicted octanol–water partition coefficient (Wildman–Crippen LogP) is 3.06. The van der Waals surface area contributed by atoms with Crippen molar-refractivity contribution in [1.29, 1.82) is 0 Å². The second kappa shape index (κ2) is 5.46. The fourth-order valence-electron chi connectivity index (χ4n) is 2.19. The molecule has 0 aliphatic heterocycles. The summed E-state index contributed by atoms with van der Waals surface area (Å²) < 4.78 is 38.3. The average Bonchev–Trinajstić information content (AvgIpc) is 3.14. The van der Waals surface area contributed by atoms with Crippen LogP contribution in [0.5, 0.6) is 0 Å². The zero-order chi connectivity index (χ0) is 14.9. The maximum Gasteiger partial charge on any atom is 0.405 e. The number of anilines is 2. The molecule has 1 aliphatic rings. The van der Waals surface area contributed by atoms with Gasteiger partial charge < -0.3 is 10.2 Å². The first-order valence-electron chi connectivity index (χ1n) is 6.74. The van der Waals surface area contributed by atoms with Gasteiger partial charge in [0.1, 0.15) is 24.0 Å². The molecule has 1 N–H and O–H groups in total. The van der Waals surface area contributed by atoms with Crippen molar-refractivity contribution in [2.24, 2.45) is 0 Å². The largest absolute Gasteiger partial charge is 0.405 e. The monoisotopic (exact) mass is 288 g/mol. The third kappa shape index (κ3) is 3.52. The van der Waals surface area contributed by atoms with Crippen LogP contribution in [0.15, 0.2) is 0 Å². The van der Waals surface area contributed by atoms with E-state index in [2.05, 4.69) is 15.3 Å². The number of nitrogens with zero attached hydrogens (tertiary/aromatic N) is 3. The van der Waals surface area contributed by atoms with Crippen molar-refractivity contribution in [2.45, 2.75) is 45.8 Å². The number of halogens is 3. The highest BCUT2D eigenvalue weighted by Crippen LogP contribution is 2.36. The minimum Gasteiger partial charge on any atom is -0.370 e. The Bertz CT molecular complexity index is 483. The van der Waals surface area contributed by atoms with Gasteiger partial charge in [-0.05, 0) is 33.6 Å². The second-order valence-corrected chi connectivity index (χ2v) is 5.07. The minimum absolute atomic E-state index is 0.0564. The summed E-state index contributed by atoms with van der Waals surface area (Å²) in [5.41, 5.74) is 0.675. The number of alkyl halides is 3. The summed E-state index contributed by atoms with van der Waals surface area (Å²) in [4.78, 5) is 9.85. The maximum absolute atomic E-state index is 12.8. The van der Waals surface area contributed by atoms with Crippen molar-refractivity contribution < 1.29 is 13.2 Å². The summed E-state index contributed by atoms with van der Waals surface area (Å²) in [6.45, 7) is 5.09. The number of aryl methyl sites for hydroxylation is 1. The summed E-state index contributed by atoms with van der Waals surface area (Å²) >= 11 is 0. The van der Waals surface area contributed by atoms with E-state index in [0.29, 0.717) is 29.6 Å². The zero-order valence-corrected chi connectivity index (χ0v) is 11.9. The van der Waals surface area contributed by atoms with Crippen LogP contribution in [-0.4, -0.2) is 35.3 Å². The van der Waals surface area contributed by atoms with Crippen LogP contribution in [-0.2, 0) is 0 Å². The number of nitrogens with one attached hydrogen (secondary N) is 1. The Morgan fingerprint density at radius 1 is 1.25 bits per heavy atom. The molecular formula is C13H19F3N4. The predicted molar refractivity (Wildman–Crippen MR) is 72.1 cm³/mol. The molecular weight excluding hydrogens is 269 g/mol. The van der Waals surface area contributed by atoms with Crippen molar-refractivity contribution >= 4 is 11.6 Å². The van der Waals surface area contributed by atoms with Gasteiger partial charge in [-0.3, -0.25) is 0 Å². The van der Waals surface area contributed by atoms with E-state index in [1.165, 1.54) is 4.90 Å². The van der Waals surface area contributed by atoms with E-state index in [1.807, 2.05) is 6.92 Å². The lowest BCUT2D eigenvalue weighted by Crippen LogP contribution is -2.37. The van der Waals surface area contributed by atoms with Gasteiger partial charge in [-0.1, -0.05) is 0 Å². The average molecular weight is 288 g/mol. The number of hydrogen-bond donors (Lipinski definition) is 1. The molecule has 2 rings (SSSR count). The van der Waals surface area contributed by atoms with Gasteiger partial charge in [0.25, 0.3) is 0 Å². The molecule has 0 radical (unpaired) electrons. The topological polar surface area (TPSA) is 41.1 Å². The van der Waals surface area contributed by atoms with E-state index in [9.17, 15) is 13.2 Å². The van der Waals surface area contributed by atoms with Gasteiger partial charge in [0.05, 0.1) is 0 Å². The van der Waals surface area contributed by atoms with Gasteiger partial charge in [-0.25, -0.2) is 9.97 Å². The summed E-state index contributed by atoms with van der Waals surface area (Å²) in [5.74, 6) is 1.49. The van der Waals surface area contributed by atoms with Gasteiger partial charge in [-0.15, -0.1) is 0 Å². The Morgan fingerprint density at radius 3 is 2.40 bits per heavy atom. The second-order valence-electron chi connectivity index (χ2n) is 5.07. The van der Waals surface area contributed by atoms with Crippen LogP contribution < -0.4 is 10.2 Å². The molecule has 1 aliphatic carbocycles. The van der Waals surface area contributed by atoms with Crippen LogP contribution in [0.1, 0.15) is 31.2 Å². The Labute approximate surface area is 116 Å². The van der Waals surface area contributed by atoms with Crippen LogP contribution >= 0.6 is 0 Å². The molecule has 7 heteroatoms. The van der Waals surface area contributed by atoms with E-state index in [4.69, 9.17) is 0 Å². The molecule has 0 saturated heterocycles. The molecule has 0 unspecified atom stereocenters. The van der Waals surface area contributed by atoms with Crippen LogP contribution in [0.4, 0.5) is 24.8 Å². The van der Waals surface area contributed by atoms with Crippen LogP contribution in [0.25, 0.3) is 0 Å². The summed E-state index contributed by atoms with van der Waals surface area (Å²) in [5, 5.41) is 3.08. The fourth-order valence-corrected chi connectivity index (χ4v) is 2.19. The third-order valence-corrected chi connectivity index (χ3v) is 3.19. The lowest BCUT2D eigenvalue weighted by Gasteiger charge is -2.27. The molecule has 1 aromatic heterocycles. The first-order chi connectivity index (χ1) is 9.31. The highest BCUT2D eigenvalue weighted by molar-refractivity contribution is 5.59. The molecule has 20 heavy (non-hydrogen) atoms. The maximum atomic E-state index is 12.8. The van der Waals surface area contributed by atoms with E-state index < -0.39 is 12.7 Å². The van der Waals surface area contributed by atoms with Gasteiger partial charge in [0.2, 0.25) is 0 Å². The van der Waals surface area contributed by atoms with Crippen LogP contribution in [0.3, 0.4) is 0 Å². The quantitative estimate of drug-likeness (QED) is 0.904. The Balaban J connectivity index is 2.37. The molecule has 112 valence electrons. The molecule has 1 heterocycles. The Morgan fingerprint density at radius 2 is 1.90 bits per heavy atom. The van der Waals surface area contributed by atoms with Crippen molar-refractivity contribution in [1.82, 2.24) is 9.97 Å². The van der Waals surface area contributed by atoms with E-state index >= 15 is 0 Å². The van der Waals surface area contributed by atoms with E-state index in [1.54, 1.807) is 13.8 Å². The highest BCUT2D eigenvalue weighted by atomic mass is 19.4. The number of hydrogen-bond acceptors (Lipinski definition) is 4. The molecule has 1 saturated carbocycles. The molecule has 0 atom stereocenters. The van der Waals surface area contributed by atoms with Crippen molar-refractivity contribution in [3.05, 3.63) is 11.4 Å². The van der Waals surface area contributed by atoms with Gasteiger partial charge in [0.15, 0.2) is 0 Å². The van der Waals surface area contributed by atoms with Crippen molar-refractivity contribution in [3.63, 3.8) is 0 Å². The number of rotatable bonds is 5. The van der Waals surface area contributed by atoms with E-state index in [-0.39, 0.29) is 6.04 Å². The molecule has 0 amide bonds. The summed E-state index contributed by atoms with van der Waals surface area (Å²) in [6, 6.07) is -0.0564. The first kappa shape index (κ1) is 14.9. The molecule has 1 fully saturated rings. The zero-order valence-electron chi connectivity index (χ0n) is 11.9. The smallest absolute Gasteiger partial charge is 0.370 e. The Kier molecular flexibility index (Phi) is 4.06. The molecule has 0 aromatic carbocycles. The van der Waals surface area contributed by atoms with Crippen molar-refractivity contribution in [3.8, 4) is 0 Å². The normalized spacial score (nSPS) is 15.3. The SMILES string of the molecule is CCNc1nc(C)nc(N(CC(F)(F)F)C2CC2)c1C. The lowest BCUT2D eigenvalue weighted by atomic mass is 10.2. The van der Waals surface area contributed by atoms with Crippen LogP contribution in [0.2, 0.25) is 0 Å². The molecule has 0 bridgehead atoms.